The molecular weight excluding hydrogens is 290 g/mol. The van der Waals surface area contributed by atoms with Crippen LogP contribution in [0.5, 0.6) is 5.75 Å². The Morgan fingerprint density at radius 2 is 2.24 bits per heavy atom. The van der Waals surface area contributed by atoms with Crippen molar-refractivity contribution in [3.8, 4) is 5.75 Å². The molecule has 2 rings (SSSR count). The maximum absolute atomic E-state index is 9.50. The summed E-state index contributed by atoms with van der Waals surface area (Å²) in [5.41, 5.74) is 1.86. The van der Waals surface area contributed by atoms with Crippen molar-refractivity contribution in [2.75, 3.05) is 17.7 Å². The number of alkyl halides is 1. The van der Waals surface area contributed by atoms with Crippen LogP contribution in [0.3, 0.4) is 0 Å². The number of benzene rings is 1. The fourth-order valence-corrected chi connectivity index (χ4v) is 1.94. The zero-order valence-electron chi connectivity index (χ0n) is 12.0. The minimum absolute atomic E-state index is 0.201. The molecule has 0 aliphatic heterocycles. The molecule has 0 bridgehead atoms. The SMILES string of the molecule is CCn1cc(COc2ccccc2NCC(O)CCl)cn1. The molecule has 5 nitrogen and oxygen atoms in total. The molecule has 21 heavy (non-hydrogen) atoms. The van der Waals surface area contributed by atoms with Gasteiger partial charge in [-0.3, -0.25) is 4.68 Å². The highest BCUT2D eigenvalue weighted by Crippen LogP contribution is 2.24. The number of hydrogen-bond donors (Lipinski definition) is 2. The van der Waals surface area contributed by atoms with Crippen molar-refractivity contribution in [1.82, 2.24) is 9.78 Å². The summed E-state index contributed by atoms with van der Waals surface area (Å²) >= 11 is 5.58. The van der Waals surface area contributed by atoms with Gasteiger partial charge in [0.25, 0.3) is 0 Å². The number of ether oxygens (including phenoxy) is 1. The van der Waals surface area contributed by atoms with E-state index in [-0.39, 0.29) is 5.88 Å². The van der Waals surface area contributed by atoms with E-state index in [9.17, 15) is 5.11 Å². The number of aromatic nitrogens is 2. The van der Waals surface area contributed by atoms with Crippen LogP contribution in [0.4, 0.5) is 5.69 Å². The molecule has 114 valence electrons. The van der Waals surface area contributed by atoms with E-state index in [2.05, 4.69) is 10.4 Å². The number of para-hydroxylation sites is 2. The van der Waals surface area contributed by atoms with Gasteiger partial charge < -0.3 is 15.2 Å². The molecule has 0 aliphatic carbocycles. The molecule has 6 heteroatoms. The highest BCUT2D eigenvalue weighted by atomic mass is 35.5. The van der Waals surface area contributed by atoms with Gasteiger partial charge in [0.2, 0.25) is 0 Å². The average molecular weight is 310 g/mol. The smallest absolute Gasteiger partial charge is 0.142 e. The first-order chi connectivity index (χ1) is 10.2. The highest BCUT2D eigenvalue weighted by Gasteiger charge is 2.07. The van der Waals surface area contributed by atoms with Gasteiger partial charge in [-0.1, -0.05) is 12.1 Å². The number of rotatable bonds is 8. The molecule has 0 saturated carbocycles. The third kappa shape index (κ3) is 4.65. The lowest BCUT2D eigenvalue weighted by atomic mass is 10.2. The summed E-state index contributed by atoms with van der Waals surface area (Å²) in [6.45, 7) is 3.72. The van der Waals surface area contributed by atoms with Gasteiger partial charge in [0.05, 0.1) is 23.9 Å². The molecule has 1 aromatic heterocycles. The number of aliphatic hydroxyl groups is 1. The Balaban J connectivity index is 1.95. The maximum Gasteiger partial charge on any atom is 0.142 e. The number of hydrogen-bond acceptors (Lipinski definition) is 4. The van der Waals surface area contributed by atoms with Gasteiger partial charge in [-0.05, 0) is 19.1 Å². The minimum atomic E-state index is -0.581. The summed E-state index contributed by atoms with van der Waals surface area (Å²) in [6, 6.07) is 7.62. The molecule has 2 aromatic rings. The molecule has 1 unspecified atom stereocenters. The first-order valence-electron chi connectivity index (χ1n) is 6.94. The summed E-state index contributed by atoms with van der Waals surface area (Å²) < 4.78 is 7.68. The lowest BCUT2D eigenvalue weighted by molar-refractivity contribution is 0.211. The molecule has 0 amide bonds. The van der Waals surface area contributed by atoms with Crippen LogP contribution >= 0.6 is 11.6 Å². The Kier molecular flexibility index (Phi) is 5.90. The van der Waals surface area contributed by atoms with Gasteiger partial charge in [-0.15, -0.1) is 11.6 Å². The summed E-state index contributed by atoms with van der Waals surface area (Å²) in [5.74, 6) is 0.940. The molecule has 0 radical (unpaired) electrons. The number of aliphatic hydroxyl groups excluding tert-OH is 1. The lowest BCUT2D eigenvalue weighted by Crippen LogP contribution is -2.21. The first kappa shape index (κ1) is 15.7. The van der Waals surface area contributed by atoms with E-state index in [1.807, 2.05) is 42.1 Å². The van der Waals surface area contributed by atoms with E-state index in [1.54, 1.807) is 6.20 Å². The molecule has 0 spiro atoms. The van der Waals surface area contributed by atoms with Crippen LogP contribution < -0.4 is 10.1 Å². The third-order valence-electron chi connectivity index (χ3n) is 3.00. The van der Waals surface area contributed by atoms with E-state index in [0.29, 0.717) is 13.2 Å². The van der Waals surface area contributed by atoms with Crippen LogP contribution in [0, 0.1) is 0 Å². The van der Waals surface area contributed by atoms with Crippen molar-refractivity contribution in [3.63, 3.8) is 0 Å². The molecule has 2 N–H and O–H groups in total. The predicted molar refractivity (Wildman–Crippen MR) is 83.9 cm³/mol. The molecule has 0 saturated heterocycles. The second-order valence-corrected chi connectivity index (χ2v) is 4.99. The average Bonchev–Trinajstić information content (AvgIpc) is 2.99. The highest BCUT2D eigenvalue weighted by molar-refractivity contribution is 6.18. The predicted octanol–water partition coefficient (Wildman–Crippen LogP) is 2.49. The normalized spacial score (nSPS) is 12.1. The van der Waals surface area contributed by atoms with E-state index < -0.39 is 6.10 Å². The second-order valence-electron chi connectivity index (χ2n) is 4.68. The van der Waals surface area contributed by atoms with E-state index in [1.165, 1.54) is 0 Å². The summed E-state index contributed by atoms with van der Waals surface area (Å²) in [6.07, 6.45) is 3.19. The zero-order chi connectivity index (χ0) is 15.1. The quantitative estimate of drug-likeness (QED) is 0.736. The lowest BCUT2D eigenvalue weighted by Gasteiger charge is -2.14. The fourth-order valence-electron chi connectivity index (χ4n) is 1.84. The van der Waals surface area contributed by atoms with Crippen molar-refractivity contribution in [2.24, 2.45) is 0 Å². The largest absolute Gasteiger partial charge is 0.487 e. The topological polar surface area (TPSA) is 59.3 Å². The summed E-state index contributed by atoms with van der Waals surface area (Å²) in [7, 11) is 0. The number of halogens is 1. The molecule has 0 fully saturated rings. The van der Waals surface area contributed by atoms with Crippen LogP contribution in [-0.4, -0.2) is 33.4 Å². The summed E-state index contributed by atoms with van der Waals surface area (Å²) in [5, 5.41) is 16.9. The van der Waals surface area contributed by atoms with Crippen molar-refractivity contribution in [1.29, 1.82) is 0 Å². The number of nitrogens with one attached hydrogen (secondary N) is 1. The van der Waals surface area contributed by atoms with Crippen LogP contribution in [0.25, 0.3) is 0 Å². The van der Waals surface area contributed by atoms with Gasteiger partial charge in [0.1, 0.15) is 12.4 Å². The van der Waals surface area contributed by atoms with E-state index in [4.69, 9.17) is 16.3 Å². The second kappa shape index (κ2) is 7.90. The van der Waals surface area contributed by atoms with Crippen molar-refractivity contribution in [3.05, 3.63) is 42.2 Å². The number of nitrogens with zero attached hydrogens (tertiary/aromatic N) is 2. The Labute approximate surface area is 129 Å². The maximum atomic E-state index is 9.50. The standard InChI is InChI=1S/C15H20ClN3O2/c1-2-19-10-12(8-18-19)11-21-15-6-4-3-5-14(15)17-9-13(20)7-16/h3-6,8,10,13,17,20H,2,7,9,11H2,1H3. The van der Waals surface area contributed by atoms with Crippen molar-refractivity contribution in [2.45, 2.75) is 26.2 Å². The van der Waals surface area contributed by atoms with Gasteiger partial charge in [-0.25, -0.2) is 0 Å². The molecule has 0 aliphatic rings. The Morgan fingerprint density at radius 3 is 2.95 bits per heavy atom. The number of anilines is 1. The Hall–Kier alpha value is -1.72. The third-order valence-corrected chi connectivity index (χ3v) is 3.35. The Bertz CT molecular complexity index is 559. The minimum Gasteiger partial charge on any atom is -0.487 e. The van der Waals surface area contributed by atoms with Gasteiger partial charge in [-0.2, -0.15) is 5.10 Å². The van der Waals surface area contributed by atoms with Gasteiger partial charge in [0.15, 0.2) is 0 Å². The van der Waals surface area contributed by atoms with Crippen LogP contribution in [0.2, 0.25) is 0 Å². The Morgan fingerprint density at radius 1 is 1.43 bits per heavy atom. The number of aryl methyl sites for hydroxylation is 1. The molecule has 1 atom stereocenters. The monoisotopic (exact) mass is 309 g/mol. The molecule has 1 aromatic carbocycles. The fraction of sp³-hybridized carbons (Fsp3) is 0.400. The van der Waals surface area contributed by atoms with Gasteiger partial charge in [0, 0.05) is 24.8 Å². The van der Waals surface area contributed by atoms with Crippen LogP contribution in [0.1, 0.15) is 12.5 Å². The van der Waals surface area contributed by atoms with E-state index in [0.717, 1.165) is 23.5 Å². The molecule has 1 heterocycles. The van der Waals surface area contributed by atoms with E-state index >= 15 is 0 Å². The van der Waals surface area contributed by atoms with Gasteiger partial charge >= 0.3 is 0 Å². The zero-order valence-corrected chi connectivity index (χ0v) is 12.8. The molecular formula is C15H20ClN3O2. The first-order valence-corrected chi connectivity index (χ1v) is 7.47. The van der Waals surface area contributed by atoms with Crippen LogP contribution in [-0.2, 0) is 13.2 Å². The summed E-state index contributed by atoms with van der Waals surface area (Å²) in [4.78, 5) is 0. The van der Waals surface area contributed by atoms with Crippen molar-refractivity contribution >= 4 is 17.3 Å². The van der Waals surface area contributed by atoms with Crippen molar-refractivity contribution < 1.29 is 9.84 Å². The van der Waals surface area contributed by atoms with Crippen LogP contribution in [0.15, 0.2) is 36.7 Å².